The number of hydrogen-bond donors (Lipinski definition) is 3. The zero-order valence-corrected chi connectivity index (χ0v) is 17.6. The molecule has 2 heterocycles. The Hall–Kier alpha value is -4.27. The van der Waals surface area contributed by atoms with Crippen molar-refractivity contribution in [1.29, 1.82) is 0 Å². The number of benzene rings is 2. The van der Waals surface area contributed by atoms with Crippen LogP contribution in [-0.4, -0.2) is 21.9 Å². The number of fused-ring (bicyclic) bond motifs is 1. The van der Waals surface area contributed by atoms with Gasteiger partial charge in [-0.15, -0.1) is 0 Å². The van der Waals surface area contributed by atoms with E-state index in [0.717, 1.165) is 23.4 Å². The van der Waals surface area contributed by atoms with Crippen molar-refractivity contribution in [3.8, 4) is 11.5 Å². The maximum atomic E-state index is 14.7. The van der Waals surface area contributed by atoms with Gasteiger partial charge in [0.1, 0.15) is 17.2 Å². The summed E-state index contributed by atoms with van der Waals surface area (Å²) < 4.78 is 33.4. The highest BCUT2D eigenvalue weighted by Gasteiger charge is 2.14. The fourth-order valence-corrected chi connectivity index (χ4v) is 3.36. The largest absolute Gasteiger partial charge is 0.453 e. The van der Waals surface area contributed by atoms with Crippen LogP contribution in [0.2, 0.25) is 0 Å². The fraction of sp³-hybridized carbons (Fsp3) is 0.125. The van der Waals surface area contributed by atoms with Crippen LogP contribution in [0.15, 0.2) is 60.9 Å². The van der Waals surface area contributed by atoms with Crippen LogP contribution in [0.1, 0.15) is 18.1 Å². The van der Waals surface area contributed by atoms with Crippen molar-refractivity contribution in [2.45, 2.75) is 19.8 Å². The van der Waals surface area contributed by atoms with E-state index in [1.165, 1.54) is 36.4 Å². The summed E-state index contributed by atoms with van der Waals surface area (Å²) in [6, 6.07) is 10.1. The van der Waals surface area contributed by atoms with Gasteiger partial charge >= 0.3 is 6.03 Å². The molecule has 3 N–H and O–H groups in total. The van der Waals surface area contributed by atoms with E-state index in [-0.39, 0.29) is 17.9 Å². The number of urea groups is 1. The average molecular weight is 450 g/mol. The van der Waals surface area contributed by atoms with Crippen LogP contribution in [0, 0.1) is 11.6 Å². The predicted octanol–water partition coefficient (Wildman–Crippen LogP) is 5.09. The molecule has 7 nitrogen and oxygen atoms in total. The molecule has 2 aromatic heterocycles. The Bertz CT molecular complexity index is 1320. The third kappa shape index (κ3) is 5.15. The number of halogens is 2. The molecule has 0 radical (unpaired) electrons. The number of anilines is 1. The first-order chi connectivity index (χ1) is 15.9. The van der Waals surface area contributed by atoms with Gasteiger partial charge in [-0.3, -0.25) is 10.1 Å². The Morgan fingerprint density at radius 3 is 2.58 bits per heavy atom. The highest BCUT2D eigenvalue weighted by molar-refractivity contribution is 6.01. The molecule has 4 aromatic rings. The van der Waals surface area contributed by atoms with Crippen LogP contribution in [0.25, 0.3) is 11.0 Å². The van der Waals surface area contributed by atoms with E-state index in [0.29, 0.717) is 17.0 Å². The summed E-state index contributed by atoms with van der Waals surface area (Å²) >= 11 is 0. The molecule has 3 amide bonds. The zero-order valence-electron chi connectivity index (χ0n) is 17.6. The van der Waals surface area contributed by atoms with Gasteiger partial charge in [-0.1, -0.05) is 19.1 Å². The maximum absolute atomic E-state index is 14.7. The molecular formula is C24H20F2N4O3. The number of ether oxygens (including phenoxy) is 1. The predicted molar refractivity (Wildman–Crippen MR) is 119 cm³/mol. The van der Waals surface area contributed by atoms with Crippen LogP contribution in [-0.2, 0) is 17.6 Å². The molecule has 0 aliphatic carbocycles. The van der Waals surface area contributed by atoms with Crippen molar-refractivity contribution in [2.24, 2.45) is 0 Å². The van der Waals surface area contributed by atoms with E-state index >= 15 is 0 Å². The van der Waals surface area contributed by atoms with E-state index < -0.39 is 23.6 Å². The second-order valence-corrected chi connectivity index (χ2v) is 7.25. The van der Waals surface area contributed by atoms with Gasteiger partial charge in [0.2, 0.25) is 5.91 Å². The summed E-state index contributed by atoms with van der Waals surface area (Å²) in [5.41, 5.74) is 2.33. The molecule has 0 fully saturated rings. The number of carbonyl (C=O) groups is 2. The smallest absolute Gasteiger partial charge is 0.325 e. The quantitative estimate of drug-likeness (QED) is 0.381. The lowest BCUT2D eigenvalue weighted by Gasteiger charge is -2.11. The number of carbonyl (C=O) groups excluding carboxylic acids is 2. The number of rotatable bonds is 6. The fourth-order valence-electron chi connectivity index (χ4n) is 3.36. The molecule has 0 unspecified atom stereocenters. The van der Waals surface area contributed by atoms with Crippen LogP contribution in [0.5, 0.6) is 11.5 Å². The lowest BCUT2D eigenvalue weighted by Crippen LogP contribution is -2.35. The molecule has 0 bridgehead atoms. The topological polar surface area (TPSA) is 96.1 Å². The molecule has 0 saturated carbocycles. The summed E-state index contributed by atoms with van der Waals surface area (Å²) in [6.07, 6.45) is 4.05. The minimum atomic E-state index is -0.814. The van der Waals surface area contributed by atoms with E-state index in [1.54, 1.807) is 12.3 Å². The van der Waals surface area contributed by atoms with Crippen LogP contribution in [0.4, 0.5) is 19.3 Å². The van der Waals surface area contributed by atoms with Gasteiger partial charge in [0, 0.05) is 24.1 Å². The van der Waals surface area contributed by atoms with E-state index in [2.05, 4.69) is 20.6 Å². The summed E-state index contributed by atoms with van der Waals surface area (Å²) in [6.45, 7) is 2.00. The van der Waals surface area contributed by atoms with Gasteiger partial charge in [0.15, 0.2) is 11.6 Å². The van der Waals surface area contributed by atoms with Gasteiger partial charge in [-0.2, -0.15) is 0 Å². The standard InChI is InChI=1S/C24H20F2N4O3/c1-2-15-13-28-23-22(15)20(9-10-27-23)33-19-8-7-17(12-18(19)26)29-24(32)30-21(31)11-14-3-5-16(25)6-4-14/h3-10,12-13H,2,11H2,1H3,(H,27,28)(H2,29,30,31,32). The number of aromatic nitrogens is 2. The number of amides is 3. The first kappa shape index (κ1) is 21.9. The molecule has 9 heteroatoms. The van der Waals surface area contributed by atoms with Crippen LogP contribution < -0.4 is 15.4 Å². The van der Waals surface area contributed by atoms with Crippen molar-refractivity contribution >= 4 is 28.7 Å². The number of nitrogens with one attached hydrogen (secondary N) is 3. The Labute approximate surface area is 187 Å². The van der Waals surface area contributed by atoms with Crippen molar-refractivity contribution < 1.29 is 23.1 Å². The first-order valence-corrected chi connectivity index (χ1v) is 10.2. The molecule has 168 valence electrons. The van der Waals surface area contributed by atoms with E-state index in [1.807, 2.05) is 13.1 Å². The molecular weight excluding hydrogens is 430 g/mol. The molecule has 2 aromatic carbocycles. The lowest BCUT2D eigenvalue weighted by molar-refractivity contribution is -0.119. The van der Waals surface area contributed by atoms with Crippen molar-refractivity contribution in [1.82, 2.24) is 15.3 Å². The van der Waals surface area contributed by atoms with Gasteiger partial charge in [-0.05, 0) is 47.9 Å². The van der Waals surface area contributed by atoms with Gasteiger partial charge in [0.05, 0.1) is 11.8 Å². The van der Waals surface area contributed by atoms with Gasteiger partial charge in [0.25, 0.3) is 0 Å². The number of H-pyrrole nitrogens is 1. The average Bonchev–Trinajstić information content (AvgIpc) is 3.21. The molecule has 0 aliphatic rings. The highest BCUT2D eigenvalue weighted by atomic mass is 19.1. The SMILES string of the molecule is CCc1c[nH]c2nccc(Oc3ccc(NC(=O)NC(=O)Cc4ccc(F)cc4)cc3F)c12. The number of pyridine rings is 1. The van der Waals surface area contributed by atoms with Crippen molar-refractivity contribution in [3.63, 3.8) is 0 Å². The zero-order chi connectivity index (χ0) is 23.4. The summed E-state index contributed by atoms with van der Waals surface area (Å²) in [5.74, 6) is -1.26. The van der Waals surface area contributed by atoms with Gasteiger partial charge in [-0.25, -0.2) is 18.6 Å². The molecule has 4 rings (SSSR count). The molecule has 0 saturated heterocycles. The summed E-state index contributed by atoms with van der Waals surface area (Å²) in [7, 11) is 0. The molecule has 0 atom stereocenters. The maximum Gasteiger partial charge on any atom is 0.325 e. The molecule has 0 aliphatic heterocycles. The number of imide groups is 1. The number of aryl methyl sites for hydroxylation is 1. The lowest BCUT2D eigenvalue weighted by atomic mass is 10.1. The monoisotopic (exact) mass is 450 g/mol. The summed E-state index contributed by atoms with van der Waals surface area (Å²) in [5, 5.41) is 5.33. The van der Waals surface area contributed by atoms with E-state index in [9.17, 15) is 18.4 Å². The number of hydrogen-bond acceptors (Lipinski definition) is 4. The second-order valence-electron chi connectivity index (χ2n) is 7.25. The van der Waals surface area contributed by atoms with Crippen LogP contribution in [0.3, 0.4) is 0 Å². The Morgan fingerprint density at radius 2 is 1.85 bits per heavy atom. The van der Waals surface area contributed by atoms with Crippen molar-refractivity contribution in [2.75, 3.05) is 5.32 Å². The third-order valence-electron chi connectivity index (χ3n) is 4.94. The number of nitrogens with zero attached hydrogens (tertiary/aromatic N) is 1. The number of aromatic amines is 1. The minimum Gasteiger partial charge on any atom is -0.453 e. The molecule has 33 heavy (non-hydrogen) atoms. The molecule has 0 spiro atoms. The minimum absolute atomic E-state index is 0.0240. The summed E-state index contributed by atoms with van der Waals surface area (Å²) in [4.78, 5) is 31.4. The Balaban J connectivity index is 1.40. The Kier molecular flexibility index (Phi) is 6.30. The Morgan fingerprint density at radius 1 is 1.06 bits per heavy atom. The van der Waals surface area contributed by atoms with Gasteiger partial charge < -0.3 is 15.0 Å². The third-order valence-corrected chi connectivity index (χ3v) is 4.94. The highest BCUT2D eigenvalue weighted by Crippen LogP contribution is 2.33. The second kappa shape index (κ2) is 9.47. The first-order valence-electron chi connectivity index (χ1n) is 10.2. The van der Waals surface area contributed by atoms with E-state index in [4.69, 9.17) is 4.74 Å². The van der Waals surface area contributed by atoms with Crippen molar-refractivity contribution in [3.05, 3.63) is 83.7 Å². The normalized spacial score (nSPS) is 10.8. The van der Waals surface area contributed by atoms with Crippen LogP contribution >= 0.6 is 0 Å².